The first-order valence-corrected chi connectivity index (χ1v) is 10.3. The molecule has 2 aliphatic heterocycles. The summed E-state index contributed by atoms with van der Waals surface area (Å²) in [6, 6.07) is 4.77. The van der Waals surface area contributed by atoms with Crippen molar-refractivity contribution in [2.75, 3.05) is 32.8 Å². The number of carboxylic acids is 1. The average molecular weight is 434 g/mol. The fourth-order valence-electron chi connectivity index (χ4n) is 3.13. The smallest absolute Gasteiger partial charge is 0.341 e. The molecule has 3 rings (SSSR count). The van der Waals surface area contributed by atoms with E-state index in [-0.39, 0.29) is 23.1 Å². The van der Waals surface area contributed by atoms with Gasteiger partial charge in [-0.3, -0.25) is 19.3 Å². The van der Waals surface area contributed by atoms with E-state index in [2.05, 4.69) is 0 Å². The maximum atomic E-state index is 12.6. The molecular formula is C20H22N2O7S. The van der Waals surface area contributed by atoms with Gasteiger partial charge in [0.1, 0.15) is 6.54 Å². The average Bonchev–Trinajstić information content (AvgIpc) is 3.32. The van der Waals surface area contributed by atoms with Crippen molar-refractivity contribution in [1.29, 1.82) is 0 Å². The second-order valence-electron chi connectivity index (χ2n) is 6.68. The summed E-state index contributed by atoms with van der Waals surface area (Å²) in [7, 11) is 0. The van der Waals surface area contributed by atoms with Gasteiger partial charge >= 0.3 is 5.97 Å². The van der Waals surface area contributed by atoms with Crippen molar-refractivity contribution in [3.63, 3.8) is 0 Å². The Morgan fingerprint density at radius 2 is 1.90 bits per heavy atom. The van der Waals surface area contributed by atoms with Crippen LogP contribution in [0, 0.1) is 0 Å². The second kappa shape index (κ2) is 9.66. The van der Waals surface area contributed by atoms with Crippen LogP contribution in [0.2, 0.25) is 0 Å². The van der Waals surface area contributed by atoms with E-state index in [0.717, 1.165) is 29.5 Å². The van der Waals surface area contributed by atoms with Gasteiger partial charge in [-0.25, -0.2) is 4.79 Å². The van der Waals surface area contributed by atoms with Gasteiger partial charge in [0.05, 0.1) is 11.5 Å². The third-order valence-corrected chi connectivity index (χ3v) is 5.45. The van der Waals surface area contributed by atoms with Gasteiger partial charge in [-0.1, -0.05) is 6.07 Å². The number of rotatable bonds is 8. The van der Waals surface area contributed by atoms with Crippen molar-refractivity contribution in [3.05, 3.63) is 28.7 Å². The Morgan fingerprint density at radius 1 is 1.17 bits per heavy atom. The van der Waals surface area contributed by atoms with Crippen LogP contribution in [0.25, 0.3) is 6.08 Å². The zero-order chi connectivity index (χ0) is 21.7. The summed E-state index contributed by atoms with van der Waals surface area (Å²) < 4.78 is 10.7. The maximum Gasteiger partial charge on any atom is 0.341 e. The molecular weight excluding hydrogens is 412 g/mol. The number of likely N-dealkylation sites (tertiary alicyclic amines) is 1. The normalized spacial score (nSPS) is 17.7. The molecule has 2 saturated heterocycles. The summed E-state index contributed by atoms with van der Waals surface area (Å²) in [5.74, 6) is -1.26. The lowest BCUT2D eigenvalue weighted by Gasteiger charge is -2.18. The van der Waals surface area contributed by atoms with Crippen LogP contribution in [0.5, 0.6) is 11.5 Å². The van der Waals surface area contributed by atoms with Gasteiger partial charge in [-0.2, -0.15) is 0 Å². The van der Waals surface area contributed by atoms with Gasteiger partial charge in [0.25, 0.3) is 11.1 Å². The Hall–Kier alpha value is -3.01. The molecule has 1 N–H and O–H groups in total. The van der Waals surface area contributed by atoms with Crippen LogP contribution in [0.3, 0.4) is 0 Å². The van der Waals surface area contributed by atoms with Crippen LogP contribution in [-0.2, 0) is 14.4 Å². The molecule has 0 saturated carbocycles. The molecule has 0 unspecified atom stereocenters. The highest BCUT2D eigenvalue weighted by Crippen LogP contribution is 2.34. The van der Waals surface area contributed by atoms with Crippen LogP contribution in [0.1, 0.15) is 25.3 Å². The number of carbonyl (C=O) groups is 4. The van der Waals surface area contributed by atoms with E-state index in [0.29, 0.717) is 31.0 Å². The Balaban J connectivity index is 1.74. The summed E-state index contributed by atoms with van der Waals surface area (Å²) in [6.45, 7) is 2.65. The first-order valence-electron chi connectivity index (χ1n) is 9.53. The molecule has 0 spiro atoms. The summed E-state index contributed by atoms with van der Waals surface area (Å²) in [5.41, 5.74) is 0.581. The fourth-order valence-corrected chi connectivity index (χ4v) is 3.97. The highest BCUT2D eigenvalue weighted by Gasteiger charge is 2.37. The number of thioether (sulfide) groups is 1. The summed E-state index contributed by atoms with van der Waals surface area (Å²) >= 11 is 0.777. The second-order valence-corrected chi connectivity index (χ2v) is 7.67. The van der Waals surface area contributed by atoms with Gasteiger partial charge in [0, 0.05) is 13.1 Å². The Bertz CT molecular complexity index is 893. The predicted octanol–water partition coefficient (Wildman–Crippen LogP) is 2.21. The number of imide groups is 1. The summed E-state index contributed by atoms with van der Waals surface area (Å²) in [5, 5.41) is 8.29. The Kier molecular flexibility index (Phi) is 6.99. The number of amides is 3. The first-order chi connectivity index (χ1) is 14.4. The van der Waals surface area contributed by atoms with Crippen molar-refractivity contribution in [2.45, 2.75) is 19.8 Å². The number of benzene rings is 1. The van der Waals surface area contributed by atoms with E-state index in [4.69, 9.17) is 14.6 Å². The van der Waals surface area contributed by atoms with Crippen molar-refractivity contribution >= 4 is 40.9 Å². The van der Waals surface area contributed by atoms with Gasteiger partial charge in [0.15, 0.2) is 18.1 Å². The number of carbonyl (C=O) groups excluding carboxylic acids is 3. The molecule has 1 aromatic carbocycles. The number of hydrogen-bond donors (Lipinski definition) is 1. The van der Waals surface area contributed by atoms with Crippen LogP contribution >= 0.6 is 11.8 Å². The Labute approximate surface area is 177 Å². The lowest BCUT2D eigenvalue weighted by molar-refractivity contribution is -0.139. The molecule has 9 nitrogen and oxygen atoms in total. The van der Waals surface area contributed by atoms with E-state index >= 15 is 0 Å². The SMILES string of the molecule is CCOc1cc(/C=C2\SC(=O)N(CC(=O)N3CCCC3)C2=O)ccc1OCC(=O)O. The molecule has 0 aromatic heterocycles. The van der Waals surface area contributed by atoms with Crippen LogP contribution in [0.15, 0.2) is 23.1 Å². The fraction of sp³-hybridized carbons (Fsp3) is 0.400. The molecule has 2 heterocycles. The van der Waals surface area contributed by atoms with Gasteiger partial charge < -0.3 is 19.5 Å². The van der Waals surface area contributed by atoms with E-state index < -0.39 is 23.7 Å². The molecule has 0 aliphatic carbocycles. The minimum Gasteiger partial charge on any atom is -0.490 e. The lowest BCUT2D eigenvalue weighted by Crippen LogP contribution is -2.40. The molecule has 2 fully saturated rings. The number of aliphatic carboxylic acids is 1. The van der Waals surface area contributed by atoms with Crippen molar-refractivity contribution in [1.82, 2.24) is 9.80 Å². The van der Waals surface area contributed by atoms with Gasteiger partial charge in [-0.05, 0) is 55.3 Å². The topological polar surface area (TPSA) is 113 Å². The minimum absolute atomic E-state index is 0.205. The van der Waals surface area contributed by atoms with Crippen molar-refractivity contribution in [2.24, 2.45) is 0 Å². The monoisotopic (exact) mass is 434 g/mol. The molecule has 0 bridgehead atoms. The van der Waals surface area contributed by atoms with E-state index in [1.54, 1.807) is 30.0 Å². The number of ether oxygens (including phenoxy) is 2. The Morgan fingerprint density at radius 3 is 2.57 bits per heavy atom. The molecule has 160 valence electrons. The number of nitrogens with zero attached hydrogens (tertiary/aromatic N) is 2. The maximum absolute atomic E-state index is 12.6. The van der Waals surface area contributed by atoms with Crippen molar-refractivity contribution < 1.29 is 33.8 Å². The zero-order valence-electron chi connectivity index (χ0n) is 16.5. The van der Waals surface area contributed by atoms with Crippen LogP contribution in [-0.4, -0.2) is 70.8 Å². The zero-order valence-corrected chi connectivity index (χ0v) is 17.3. The lowest BCUT2D eigenvalue weighted by atomic mass is 10.2. The van der Waals surface area contributed by atoms with Gasteiger partial charge in [-0.15, -0.1) is 0 Å². The summed E-state index contributed by atoms with van der Waals surface area (Å²) in [4.78, 5) is 50.8. The highest BCUT2D eigenvalue weighted by atomic mass is 32.2. The van der Waals surface area contributed by atoms with Crippen LogP contribution in [0.4, 0.5) is 4.79 Å². The molecule has 10 heteroatoms. The molecule has 0 atom stereocenters. The third-order valence-electron chi connectivity index (χ3n) is 4.54. The highest BCUT2D eigenvalue weighted by molar-refractivity contribution is 8.18. The standard InChI is InChI=1S/C20H22N2O7S/c1-2-28-15-9-13(5-6-14(15)29-12-18(24)25)10-16-19(26)22(20(27)30-16)11-17(23)21-7-3-4-8-21/h5-6,9-10H,2-4,7-8,11-12H2,1H3,(H,24,25)/b16-10-. The van der Waals surface area contributed by atoms with E-state index in [1.165, 1.54) is 6.08 Å². The van der Waals surface area contributed by atoms with Crippen molar-refractivity contribution in [3.8, 4) is 11.5 Å². The predicted molar refractivity (Wildman–Crippen MR) is 109 cm³/mol. The molecule has 2 aliphatic rings. The largest absolute Gasteiger partial charge is 0.490 e. The third kappa shape index (κ3) is 5.12. The quantitative estimate of drug-likeness (QED) is 0.620. The molecule has 1 aromatic rings. The molecule has 3 amide bonds. The number of carboxylic acid groups (broad SMARTS) is 1. The van der Waals surface area contributed by atoms with Gasteiger partial charge in [0.2, 0.25) is 5.91 Å². The molecule has 0 radical (unpaired) electrons. The number of hydrogen-bond acceptors (Lipinski definition) is 7. The van der Waals surface area contributed by atoms with E-state index in [1.807, 2.05) is 0 Å². The minimum atomic E-state index is -1.11. The first kappa shape index (κ1) is 21.7. The van der Waals surface area contributed by atoms with E-state index in [9.17, 15) is 19.2 Å². The van der Waals surface area contributed by atoms with Crippen LogP contribution < -0.4 is 9.47 Å². The molecule has 30 heavy (non-hydrogen) atoms. The summed E-state index contributed by atoms with van der Waals surface area (Å²) in [6.07, 6.45) is 3.40.